The summed E-state index contributed by atoms with van der Waals surface area (Å²) in [4.78, 5) is 10.7. The number of benzene rings is 1. The lowest BCUT2D eigenvalue weighted by Gasteiger charge is -2.17. The van der Waals surface area contributed by atoms with Crippen LogP contribution in [0.5, 0.6) is 0 Å². The van der Waals surface area contributed by atoms with Gasteiger partial charge in [0.25, 0.3) is 0 Å². The Kier molecular flexibility index (Phi) is 29.6. The summed E-state index contributed by atoms with van der Waals surface area (Å²) < 4.78 is 35.3. The average Bonchev–Trinajstić information content (AvgIpc) is 4.34. The van der Waals surface area contributed by atoms with E-state index in [9.17, 15) is 0 Å². The first-order chi connectivity index (χ1) is 37.7. The van der Waals surface area contributed by atoms with Gasteiger partial charge in [-0.25, -0.2) is 8.78 Å². The van der Waals surface area contributed by atoms with Crippen molar-refractivity contribution in [2.45, 2.75) is 286 Å². The normalized spacial score (nSPS) is 12.7. The zero-order chi connectivity index (χ0) is 54.6. The summed E-state index contributed by atoms with van der Waals surface area (Å²) in [5.41, 5.74) is 4.10. The third-order valence-corrected chi connectivity index (χ3v) is 21.3. The van der Waals surface area contributed by atoms with Crippen LogP contribution in [0.3, 0.4) is 0 Å². The van der Waals surface area contributed by atoms with Gasteiger partial charge in [0.05, 0.1) is 17.7 Å². The number of hydrogen-bond acceptors (Lipinski definition) is 6. The fourth-order valence-corrected chi connectivity index (χ4v) is 16.2. The molecule has 0 fully saturated rings. The maximum absolute atomic E-state index is 17.7. The molecule has 0 aliphatic carbocycles. The lowest BCUT2D eigenvalue weighted by atomic mass is 9.88. The Balaban J connectivity index is 1.34. The molecule has 6 rings (SSSR count). The van der Waals surface area contributed by atoms with Crippen molar-refractivity contribution >= 4 is 56.4 Å². The Morgan fingerprint density at radius 1 is 0.403 bits per heavy atom. The second-order valence-corrected chi connectivity index (χ2v) is 27.9. The molecule has 2 unspecified atom stereocenters. The highest BCUT2D eigenvalue weighted by Gasteiger charge is 2.30. The Hall–Kier alpha value is -2.72. The topological polar surface area (TPSA) is 30.7 Å². The van der Waals surface area contributed by atoms with Crippen LogP contribution < -0.4 is 0 Å². The summed E-state index contributed by atoms with van der Waals surface area (Å²) in [7, 11) is 0. The first-order valence-corrected chi connectivity index (χ1v) is 35.1. The minimum atomic E-state index is -0.791. The first kappa shape index (κ1) is 63.5. The lowest BCUT2D eigenvalue weighted by molar-refractivity contribution is 0.400. The Labute approximate surface area is 484 Å². The van der Waals surface area contributed by atoms with Crippen LogP contribution in [-0.2, 0) is 19.4 Å². The molecule has 0 saturated carbocycles. The number of aromatic nitrogens is 3. The van der Waals surface area contributed by atoms with Crippen molar-refractivity contribution in [3.05, 3.63) is 68.9 Å². The highest BCUT2D eigenvalue weighted by Crippen LogP contribution is 2.49. The average molecular weight is 1130 g/mol. The summed E-state index contributed by atoms with van der Waals surface area (Å²) in [5.74, 6) is -0.434. The van der Waals surface area contributed by atoms with Crippen molar-refractivity contribution < 1.29 is 8.78 Å². The highest BCUT2D eigenvalue weighted by molar-refractivity contribution is 7.27. The molecule has 2 atom stereocenters. The maximum Gasteiger partial charge on any atom is 0.170 e. The molecule has 5 heterocycles. The number of halogens is 2. The summed E-state index contributed by atoms with van der Waals surface area (Å²) in [6.45, 7) is 16.3. The molecule has 0 amide bonds. The number of fused-ring (bicyclic) bond motifs is 1. The van der Waals surface area contributed by atoms with Crippen molar-refractivity contribution in [1.29, 1.82) is 0 Å². The van der Waals surface area contributed by atoms with E-state index in [4.69, 9.17) is 10.2 Å². The van der Waals surface area contributed by atoms with Crippen LogP contribution in [0.15, 0.2) is 36.4 Å². The van der Waals surface area contributed by atoms with Crippen LogP contribution >= 0.6 is 45.3 Å². The van der Waals surface area contributed by atoms with Crippen molar-refractivity contribution in [2.75, 3.05) is 0 Å². The summed E-state index contributed by atoms with van der Waals surface area (Å²) in [6.07, 6.45) is 45.6. The first-order valence-electron chi connectivity index (χ1n) is 31.8. The van der Waals surface area contributed by atoms with Crippen molar-refractivity contribution in [3.8, 4) is 40.4 Å². The molecule has 77 heavy (non-hydrogen) atoms. The van der Waals surface area contributed by atoms with Crippen LogP contribution in [0.1, 0.15) is 274 Å². The number of unbranched alkanes of at least 4 members (excludes halogenated alkanes) is 25. The van der Waals surface area contributed by atoms with Crippen LogP contribution in [-0.4, -0.2) is 15.0 Å². The van der Waals surface area contributed by atoms with Crippen LogP contribution in [0.2, 0.25) is 0 Å². The van der Waals surface area contributed by atoms with E-state index in [0.29, 0.717) is 29.4 Å². The molecule has 3 nitrogen and oxygen atoms in total. The van der Waals surface area contributed by atoms with Gasteiger partial charge < -0.3 is 0 Å². The van der Waals surface area contributed by atoms with Crippen LogP contribution in [0, 0.1) is 37.3 Å². The van der Waals surface area contributed by atoms with E-state index in [1.165, 1.54) is 246 Å². The van der Waals surface area contributed by atoms with Gasteiger partial charge in [-0.15, -0.1) is 45.3 Å². The minimum absolute atomic E-state index is 0.278. The molecule has 0 aliphatic heterocycles. The highest BCUT2D eigenvalue weighted by atomic mass is 32.1. The van der Waals surface area contributed by atoms with Gasteiger partial charge in [0.2, 0.25) is 0 Å². The Bertz CT molecular complexity index is 2540. The summed E-state index contributed by atoms with van der Waals surface area (Å²) >= 11 is 6.92. The van der Waals surface area contributed by atoms with Crippen LogP contribution in [0.25, 0.3) is 51.4 Å². The standard InChI is InChI=1S/C68H103F2N3S4/c1-8-13-18-22-26-28-32-36-39-53(38-34-30-24-20-15-10-3)47-55-49-60(75-52(55)7)62-64(69)65(70)63(67-66(62)71-73(72-67)46-17-12-5)61-50-56(68(77-61)59-45-44-58(76-59)57-43-42-51(6)74-57)48-54(40-35-31-25-21-16-11-4)41-37-33-29-27-23-19-14-9-2/h42-45,49-50,53-54H,8-41,46-48H2,1-7H3. The fraction of sp³-hybridized carbons (Fsp3) is 0.676. The molecule has 0 N–H and O–H groups in total. The molecule has 0 radical (unpaired) electrons. The second kappa shape index (κ2) is 35.9. The SMILES string of the molecule is CCCCCCCCCCC(CCCCCCCC)Cc1cc(-c2c(F)c(F)c(-c3cc(CC(CCCCCCCC)CCCCCCCCCC)c(-c4ccc(-c5ccc(C)s5)s4)s3)c3nn(CCCC)nc23)sc1C. The van der Waals surface area contributed by atoms with Gasteiger partial charge in [-0.3, -0.25) is 0 Å². The maximum atomic E-state index is 17.7. The number of thiophene rings is 4. The predicted octanol–water partition coefficient (Wildman–Crippen LogP) is 24.9. The fourth-order valence-electron chi connectivity index (χ4n) is 11.8. The molecule has 9 heteroatoms. The van der Waals surface area contributed by atoms with Crippen molar-refractivity contribution in [3.63, 3.8) is 0 Å². The summed E-state index contributed by atoms with van der Waals surface area (Å²) in [5, 5.41) is 10.2. The van der Waals surface area contributed by atoms with Gasteiger partial charge >= 0.3 is 0 Å². The van der Waals surface area contributed by atoms with E-state index in [1.807, 2.05) is 22.7 Å². The van der Waals surface area contributed by atoms with Gasteiger partial charge in [-0.1, -0.05) is 247 Å². The van der Waals surface area contributed by atoms with E-state index < -0.39 is 11.6 Å². The quantitative estimate of drug-likeness (QED) is 0.0357. The Morgan fingerprint density at radius 2 is 0.779 bits per heavy atom. The zero-order valence-electron chi connectivity index (χ0n) is 49.5. The monoisotopic (exact) mass is 1130 g/mol. The number of hydrogen-bond donors (Lipinski definition) is 0. The van der Waals surface area contributed by atoms with Gasteiger partial charge in [-0.05, 0) is 92.5 Å². The Morgan fingerprint density at radius 3 is 1.22 bits per heavy atom. The van der Waals surface area contributed by atoms with Gasteiger partial charge in [-0.2, -0.15) is 15.0 Å². The predicted molar refractivity (Wildman–Crippen MR) is 340 cm³/mol. The second-order valence-electron chi connectivity index (χ2n) is 23.2. The number of aryl methyl sites for hydroxylation is 3. The zero-order valence-corrected chi connectivity index (χ0v) is 52.8. The van der Waals surface area contributed by atoms with Crippen molar-refractivity contribution in [2.24, 2.45) is 11.8 Å². The largest absolute Gasteiger partial charge is 0.203 e. The molecule has 0 bridgehead atoms. The molecule has 1 aromatic carbocycles. The van der Waals surface area contributed by atoms with E-state index in [0.717, 1.165) is 35.4 Å². The van der Waals surface area contributed by atoms with Gasteiger partial charge in [0, 0.05) is 39.0 Å². The summed E-state index contributed by atoms with van der Waals surface area (Å²) in [6, 6.07) is 13.4. The third kappa shape index (κ3) is 20.3. The molecular weight excluding hydrogens is 1030 g/mol. The molecule has 6 aromatic rings. The number of nitrogens with zero attached hydrogens (tertiary/aromatic N) is 3. The third-order valence-electron chi connectivity index (χ3n) is 16.5. The molecular formula is C68H103F2N3S4. The molecule has 0 saturated heterocycles. The van der Waals surface area contributed by atoms with Gasteiger partial charge in [0.15, 0.2) is 11.6 Å². The molecule has 5 aromatic heterocycles. The molecule has 0 aliphatic rings. The van der Waals surface area contributed by atoms with E-state index in [2.05, 4.69) is 84.9 Å². The minimum Gasteiger partial charge on any atom is -0.203 e. The molecule has 0 spiro atoms. The van der Waals surface area contributed by atoms with Crippen molar-refractivity contribution in [1.82, 2.24) is 15.0 Å². The van der Waals surface area contributed by atoms with Crippen LogP contribution in [0.4, 0.5) is 8.78 Å². The van der Waals surface area contributed by atoms with E-state index >= 15 is 8.78 Å². The van der Waals surface area contributed by atoms with E-state index in [-0.39, 0.29) is 11.1 Å². The lowest BCUT2D eigenvalue weighted by Crippen LogP contribution is -2.06. The van der Waals surface area contributed by atoms with E-state index in [1.54, 1.807) is 27.5 Å². The smallest absolute Gasteiger partial charge is 0.170 e. The molecule has 428 valence electrons. The number of rotatable bonds is 43. The van der Waals surface area contributed by atoms with Gasteiger partial charge in [0.1, 0.15) is 11.0 Å².